The highest BCUT2D eigenvalue weighted by Gasteiger charge is 2.64. The first-order valence-corrected chi connectivity index (χ1v) is 7.38. The maximum absolute atomic E-state index is 4.42. The van der Waals surface area contributed by atoms with Crippen LogP contribution in [0, 0.1) is 10.8 Å². The lowest BCUT2D eigenvalue weighted by atomic mass is 10.0. The van der Waals surface area contributed by atoms with Crippen LogP contribution in [-0.2, 0) is 6.54 Å². The molecule has 0 aliphatic heterocycles. The first-order valence-electron chi connectivity index (χ1n) is 5.80. The van der Waals surface area contributed by atoms with E-state index in [2.05, 4.69) is 69.9 Å². The minimum Gasteiger partial charge on any atom is -0.307 e. The van der Waals surface area contributed by atoms with Gasteiger partial charge in [-0.2, -0.15) is 0 Å². The second-order valence-corrected chi connectivity index (χ2v) is 7.61. The molecule has 1 aliphatic carbocycles. The highest BCUT2D eigenvalue weighted by molar-refractivity contribution is 9.11. The van der Waals surface area contributed by atoms with Gasteiger partial charge in [0.1, 0.15) is 0 Å². The fraction of sp³-hybridized carbons (Fsp3) is 0.615. The zero-order chi connectivity index (χ0) is 12.8. The van der Waals surface area contributed by atoms with Crippen molar-refractivity contribution in [3.8, 4) is 0 Å². The Bertz CT molecular complexity index is 427. The number of aromatic nitrogens is 1. The van der Waals surface area contributed by atoms with Crippen molar-refractivity contribution in [2.75, 3.05) is 0 Å². The van der Waals surface area contributed by atoms with E-state index in [4.69, 9.17) is 0 Å². The lowest BCUT2D eigenvalue weighted by Crippen LogP contribution is -2.22. The zero-order valence-corrected chi connectivity index (χ0v) is 13.8. The van der Waals surface area contributed by atoms with Crippen LogP contribution in [0.5, 0.6) is 0 Å². The highest BCUT2D eigenvalue weighted by atomic mass is 79.9. The van der Waals surface area contributed by atoms with Gasteiger partial charge in [0.2, 0.25) is 0 Å². The fourth-order valence-corrected chi connectivity index (χ4v) is 3.61. The SMILES string of the molecule is CC1(C)C(NCc2ncc(Br)cc2Br)C1(C)C. The van der Waals surface area contributed by atoms with Crippen molar-refractivity contribution in [3.05, 3.63) is 26.9 Å². The zero-order valence-electron chi connectivity index (χ0n) is 10.6. The molecule has 0 bridgehead atoms. The van der Waals surface area contributed by atoms with E-state index in [-0.39, 0.29) is 0 Å². The third-order valence-corrected chi connectivity index (χ3v) is 5.50. The quantitative estimate of drug-likeness (QED) is 0.875. The molecule has 0 spiro atoms. The highest BCUT2D eigenvalue weighted by Crippen LogP contribution is 2.62. The van der Waals surface area contributed by atoms with Gasteiger partial charge in [-0.15, -0.1) is 0 Å². The van der Waals surface area contributed by atoms with Crippen LogP contribution in [0.2, 0.25) is 0 Å². The molecule has 1 N–H and O–H groups in total. The molecule has 1 aromatic heterocycles. The van der Waals surface area contributed by atoms with Gasteiger partial charge in [-0.05, 0) is 48.8 Å². The van der Waals surface area contributed by atoms with Crippen LogP contribution in [-0.4, -0.2) is 11.0 Å². The molecule has 94 valence electrons. The summed E-state index contributed by atoms with van der Waals surface area (Å²) < 4.78 is 2.05. The van der Waals surface area contributed by atoms with Crippen molar-refractivity contribution < 1.29 is 0 Å². The summed E-state index contributed by atoms with van der Waals surface area (Å²) in [5, 5.41) is 3.61. The standard InChI is InChI=1S/C13H18Br2N2/c1-12(2)11(13(12,3)4)17-7-10-9(15)5-8(14)6-16-10/h5-6,11,17H,7H2,1-4H3. The van der Waals surface area contributed by atoms with Crippen LogP contribution >= 0.6 is 31.9 Å². The topological polar surface area (TPSA) is 24.9 Å². The summed E-state index contributed by atoms with van der Waals surface area (Å²) in [4.78, 5) is 4.42. The summed E-state index contributed by atoms with van der Waals surface area (Å²) in [5.41, 5.74) is 1.80. The molecule has 4 heteroatoms. The third kappa shape index (κ3) is 2.32. The van der Waals surface area contributed by atoms with Crippen LogP contribution in [0.1, 0.15) is 33.4 Å². The van der Waals surface area contributed by atoms with Gasteiger partial charge in [-0.3, -0.25) is 4.98 Å². The molecule has 2 rings (SSSR count). The molecule has 0 radical (unpaired) electrons. The minimum atomic E-state index is 0.370. The van der Waals surface area contributed by atoms with E-state index >= 15 is 0 Å². The lowest BCUT2D eigenvalue weighted by Gasteiger charge is -2.07. The Morgan fingerprint density at radius 2 is 1.82 bits per heavy atom. The van der Waals surface area contributed by atoms with Crippen molar-refractivity contribution in [2.45, 2.75) is 40.3 Å². The number of hydrogen-bond donors (Lipinski definition) is 1. The van der Waals surface area contributed by atoms with Crippen molar-refractivity contribution in [1.29, 1.82) is 0 Å². The predicted octanol–water partition coefficient (Wildman–Crippen LogP) is 4.13. The monoisotopic (exact) mass is 360 g/mol. The molecule has 0 amide bonds. The summed E-state index contributed by atoms with van der Waals surface area (Å²) in [6.07, 6.45) is 1.84. The predicted molar refractivity (Wildman–Crippen MR) is 77.8 cm³/mol. The molecular weight excluding hydrogens is 344 g/mol. The normalized spacial score (nSPS) is 21.5. The van der Waals surface area contributed by atoms with Gasteiger partial charge in [0, 0.05) is 27.7 Å². The second-order valence-electron chi connectivity index (χ2n) is 5.84. The Kier molecular flexibility index (Phi) is 3.43. The smallest absolute Gasteiger partial charge is 0.0684 e. The molecule has 1 aromatic rings. The number of pyridine rings is 1. The Hall–Kier alpha value is 0.0700. The second kappa shape index (κ2) is 4.32. The number of nitrogens with zero attached hydrogens (tertiary/aromatic N) is 1. The molecule has 1 heterocycles. The van der Waals surface area contributed by atoms with Crippen LogP contribution in [0.25, 0.3) is 0 Å². The summed E-state index contributed by atoms with van der Waals surface area (Å²) >= 11 is 6.95. The van der Waals surface area contributed by atoms with Crippen molar-refractivity contribution in [1.82, 2.24) is 10.3 Å². The first kappa shape index (κ1) is 13.5. The molecule has 0 saturated heterocycles. The van der Waals surface area contributed by atoms with Crippen molar-refractivity contribution in [3.63, 3.8) is 0 Å². The first-order chi connectivity index (χ1) is 7.76. The largest absolute Gasteiger partial charge is 0.307 e. The number of nitrogens with one attached hydrogen (secondary N) is 1. The maximum Gasteiger partial charge on any atom is 0.0684 e. The van der Waals surface area contributed by atoms with E-state index in [1.54, 1.807) is 0 Å². The molecule has 0 atom stereocenters. The van der Waals surface area contributed by atoms with E-state index in [0.29, 0.717) is 16.9 Å². The molecular formula is C13H18Br2N2. The van der Waals surface area contributed by atoms with E-state index in [0.717, 1.165) is 21.2 Å². The van der Waals surface area contributed by atoms with Gasteiger partial charge < -0.3 is 5.32 Å². The summed E-state index contributed by atoms with van der Waals surface area (Å²) in [6, 6.07) is 2.60. The summed E-state index contributed by atoms with van der Waals surface area (Å²) in [5.74, 6) is 0. The average molecular weight is 362 g/mol. The maximum atomic E-state index is 4.42. The molecule has 2 nitrogen and oxygen atoms in total. The third-order valence-electron chi connectivity index (χ3n) is 4.38. The van der Waals surface area contributed by atoms with Gasteiger partial charge in [0.05, 0.1) is 5.69 Å². The van der Waals surface area contributed by atoms with Crippen molar-refractivity contribution >= 4 is 31.9 Å². The Morgan fingerprint density at radius 1 is 1.24 bits per heavy atom. The Labute approximate surface area is 120 Å². The van der Waals surface area contributed by atoms with E-state index in [1.807, 2.05) is 12.3 Å². The van der Waals surface area contributed by atoms with Crippen LogP contribution in [0.4, 0.5) is 0 Å². The number of rotatable bonds is 3. The molecule has 1 fully saturated rings. The molecule has 0 unspecified atom stereocenters. The van der Waals surface area contributed by atoms with E-state index < -0.39 is 0 Å². The molecule has 1 aliphatic rings. The Balaban J connectivity index is 2.00. The number of halogens is 2. The average Bonchev–Trinajstić information content (AvgIpc) is 2.58. The number of hydrogen-bond acceptors (Lipinski definition) is 2. The minimum absolute atomic E-state index is 0.370. The molecule has 0 aromatic carbocycles. The summed E-state index contributed by atoms with van der Waals surface area (Å²) in [6.45, 7) is 10.1. The van der Waals surface area contributed by atoms with Crippen LogP contribution in [0.15, 0.2) is 21.2 Å². The van der Waals surface area contributed by atoms with Crippen molar-refractivity contribution in [2.24, 2.45) is 10.8 Å². The Morgan fingerprint density at radius 3 is 2.29 bits per heavy atom. The van der Waals surface area contributed by atoms with Crippen LogP contribution < -0.4 is 5.32 Å². The van der Waals surface area contributed by atoms with Gasteiger partial charge in [0.25, 0.3) is 0 Å². The molecule has 17 heavy (non-hydrogen) atoms. The van der Waals surface area contributed by atoms with Gasteiger partial charge in [-0.1, -0.05) is 27.7 Å². The van der Waals surface area contributed by atoms with Gasteiger partial charge in [0.15, 0.2) is 0 Å². The lowest BCUT2D eigenvalue weighted by molar-refractivity contribution is 0.457. The van der Waals surface area contributed by atoms with E-state index in [9.17, 15) is 0 Å². The van der Waals surface area contributed by atoms with Gasteiger partial charge >= 0.3 is 0 Å². The molecule has 1 saturated carbocycles. The summed E-state index contributed by atoms with van der Waals surface area (Å²) in [7, 11) is 0. The fourth-order valence-electron chi connectivity index (χ4n) is 2.48. The van der Waals surface area contributed by atoms with E-state index in [1.165, 1.54) is 0 Å². The van der Waals surface area contributed by atoms with Crippen LogP contribution in [0.3, 0.4) is 0 Å². The van der Waals surface area contributed by atoms with Gasteiger partial charge in [-0.25, -0.2) is 0 Å².